The molecule has 1 saturated heterocycles. The quantitative estimate of drug-likeness (QED) is 0.450. The van der Waals surface area contributed by atoms with Gasteiger partial charge in [0.2, 0.25) is 0 Å². The van der Waals surface area contributed by atoms with E-state index < -0.39 is 0 Å². The van der Waals surface area contributed by atoms with Crippen LogP contribution in [0.2, 0.25) is 0 Å². The van der Waals surface area contributed by atoms with Gasteiger partial charge in [-0.1, -0.05) is 5.21 Å². The summed E-state index contributed by atoms with van der Waals surface area (Å²) in [7, 11) is 1.99. The molecular formula is C25H24N8O. The van der Waals surface area contributed by atoms with Gasteiger partial charge in [-0.3, -0.25) is 9.69 Å². The van der Waals surface area contributed by atoms with Gasteiger partial charge in [-0.05, 0) is 67.9 Å². The molecular weight excluding hydrogens is 428 g/mol. The molecule has 0 saturated carbocycles. The lowest BCUT2D eigenvalue weighted by atomic mass is 10.0. The van der Waals surface area contributed by atoms with Crippen molar-refractivity contribution in [1.29, 1.82) is 0 Å². The lowest BCUT2D eigenvalue weighted by Gasteiger charge is -2.34. The molecule has 1 aromatic carbocycles. The molecule has 1 amide bonds. The largest absolute Gasteiger partial charge is 0.349 e. The number of hydrogen-bond acceptors (Lipinski definition) is 6. The number of carbonyl (C=O) groups is 1. The van der Waals surface area contributed by atoms with Gasteiger partial charge < -0.3 is 9.88 Å². The lowest BCUT2D eigenvalue weighted by molar-refractivity contribution is 0.0971. The number of pyridine rings is 2. The highest BCUT2D eigenvalue weighted by Crippen LogP contribution is 2.26. The van der Waals surface area contributed by atoms with E-state index in [9.17, 15) is 4.79 Å². The molecule has 0 aliphatic carbocycles. The van der Waals surface area contributed by atoms with Crippen LogP contribution in [0, 0.1) is 0 Å². The minimum atomic E-state index is -0.0652. The van der Waals surface area contributed by atoms with Crippen molar-refractivity contribution in [3.8, 4) is 5.69 Å². The number of aryl methyl sites for hydroxylation is 1. The predicted molar refractivity (Wildman–Crippen MR) is 130 cm³/mol. The Balaban J connectivity index is 1.36. The summed E-state index contributed by atoms with van der Waals surface area (Å²) in [6.07, 6.45) is 7.51. The van der Waals surface area contributed by atoms with E-state index in [0.29, 0.717) is 17.0 Å². The first-order valence-corrected chi connectivity index (χ1v) is 11.4. The Morgan fingerprint density at radius 2 is 2.03 bits per heavy atom. The van der Waals surface area contributed by atoms with Crippen molar-refractivity contribution in [1.82, 2.24) is 34.8 Å². The minimum Gasteiger partial charge on any atom is -0.349 e. The van der Waals surface area contributed by atoms with E-state index in [-0.39, 0.29) is 11.9 Å². The average molecular weight is 453 g/mol. The number of hydrogen-bond donors (Lipinski definition) is 1. The zero-order valence-corrected chi connectivity index (χ0v) is 18.8. The normalized spacial score (nSPS) is 16.2. The highest BCUT2D eigenvalue weighted by Gasteiger charge is 2.29. The lowest BCUT2D eigenvalue weighted by Crippen LogP contribution is -2.49. The van der Waals surface area contributed by atoms with Crippen molar-refractivity contribution in [2.24, 2.45) is 7.05 Å². The van der Waals surface area contributed by atoms with E-state index in [1.807, 2.05) is 77.4 Å². The summed E-state index contributed by atoms with van der Waals surface area (Å²) in [5, 5.41) is 12.9. The molecule has 1 fully saturated rings. The predicted octanol–water partition coefficient (Wildman–Crippen LogP) is 3.10. The van der Waals surface area contributed by atoms with Crippen LogP contribution in [0.3, 0.4) is 0 Å². The molecule has 1 atom stereocenters. The number of nitrogens with zero attached hydrogens (tertiary/aromatic N) is 7. The van der Waals surface area contributed by atoms with Crippen LogP contribution in [0.15, 0.2) is 67.1 Å². The second-order valence-electron chi connectivity index (χ2n) is 8.60. The molecule has 1 N–H and O–H groups in total. The van der Waals surface area contributed by atoms with Crippen LogP contribution in [0.1, 0.15) is 23.2 Å². The first-order chi connectivity index (χ1) is 16.7. The number of aromatic nitrogens is 6. The van der Waals surface area contributed by atoms with Gasteiger partial charge >= 0.3 is 0 Å². The molecule has 4 aromatic heterocycles. The molecule has 1 aliphatic heterocycles. The van der Waals surface area contributed by atoms with Crippen LogP contribution in [0.5, 0.6) is 0 Å². The fraction of sp³-hybridized carbons (Fsp3) is 0.240. The third-order valence-corrected chi connectivity index (χ3v) is 6.43. The maximum atomic E-state index is 13.8. The van der Waals surface area contributed by atoms with Gasteiger partial charge in [0.05, 0.1) is 23.4 Å². The summed E-state index contributed by atoms with van der Waals surface area (Å²) in [4.78, 5) is 24.7. The van der Waals surface area contributed by atoms with Crippen molar-refractivity contribution in [3.05, 3.63) is 72.7 Å². The Labute approximate surface area is 196 Å². The Bertz CT molecular complexity index is 1480. The fourth-order valence-corrected chi connectivity index (χ4v) is 4.62. The van der Waals surface area contributed by atoms with Crippen molar-refractivity contribution in [2.45, 2.75) is 18.9 Å². The molecule has 1 aliphatic rings. The summed E-state index contributed by atoms with van der Waals surface area (Å²) in [5.74, 6) is 0.609. The summed E-state index contributed by atoms with van der Waals surface area (Å²) in [6, 6.07) is 15.2. The molecule has 34 heavy (non-hydrogen) atoms. The van der Waals surface area contributed by atoms with Crippen molar-refractivity contribution < 1.29 is 4.79 Å². The molecule has 6 rings (SSSR count). The van der Waals surface area contributed by atoms with Gasteiger partial charge in [0.1, 0.15) is 11.3 Å². The number of amides is 1. The maximum Gasteiger partial charge on any atom is 0.259 e. The Morgan fingerprint density at radius 1 is 1.15 bits per heavy atom. The Morgan fingerprint density at radius 3 is 2.85 bits per heavy atom. The van der Waals surface area contributed by atoms with Crippen LogP contribution in [0.25, 0.3) is 27.8 Å². The zero-order chi connectivity index (χ0) is 23.1. The fourth-order valence-electron chi connectivity index (χ4n) is 4.62. The molecule has 9 nitrogen and oxygen atoms in total. The number of nitrogens with one attached hydrogen (secondary N) is 1. The van der Waals surface area contributed by atoms with Gasteiger partial charge in [-0.2, -0.15) is 4.68 Å². The summed E-state index contributed by atoms with van der Waals surface area (Å²) >= 11 is 0. The molecule has 5 heterocycles. The average Bonchev–Trinajstić information content (AvgIpc) is 3.48. The van der Waals surface area contributed by atoms with Crippen LogP contribution < -0.4 is 10.2 Å². The summed E-state index contributed by atoms with van der Waals surface area (Å²) in [6.45, 7) is 1.72. The van der Waals surface area contributed by atoms with Gasteiger partial charge in [0.15, 0.2) is 5.65 Å². The zero-order valence-electron chi connectivity index (χ0n) is 18.8. The third-order valence-electron chi connectivity index (χ3n) is 6.43. The first kappa shape index (κ1) is 20.5. The van der Waals surface area contributed by atoms with E-state index in [0.717, 1.165) is 48.0 Å². The van der Waals surface area contributed by atoms with Gasteiger partial charge in [-0.15, -0.1) is 5.10 Å². The number of rotatable bonds is 4. The molecule has 0 unspecified atom stereocenters. The van der Waals surface area contributed by atoms with Crippen molar-refractivity contribution in [3.63, 3.8) is 0 Å². The summed E-state index contributed by atoms with van der Waals surface area (Å²) in [5.41, 5.74) is 3.84. The van der Waals surface area contributed by atoms with Crippen molar-refractivity contribution >= 4 is 33.8 Å². The minimum absolute atomic E-state index is 0.0399. The number of anilines is 1. The topological polar surface area (TPSA) is 93.8 Å². The summed E-state index contributed by atoms with van der Waals surface area (Å²) < 4.78 is 3.71. The number of carbonyl (C=O) groups excluding carboxylic acids is 1. The van der Waals surface area contributed by atoms with E-state index in [2.05, 4.69) is 25.6 Å². The molecule has 9 heteroatoms. The van der Waals surface area contributed by atoms with Gasteiger partial charge in [0.25, 0.3) is 5.91 Å². The Hall–Kier alpha value is -4.11. The smallest absolute Gasteiger partial charge is 0.259 e. The maximum absolute atomic E-state index is 13.8. The Kier molecular flexibility index (Phi) is 5.03. The van der Waals surface area contributed by atoms with Crippen molar-refractivity contribution in [2.75, 3.05) is 18.0 Å². The van der Waals surface area contributed by atoms with E-state index in [1.165, 1.54) is 0 Å². The van der Waals surface area contributed by atoms with E-state index >= 15 is 0 Å². The molecule has 0 bridgehead atoms. The number of fused-ring (bicyclic) bond motifs is 2. The molecule has 0 radical (unpaired) electrons. The van der Waals surface area contributed by atoms with E-state index in [4.69, 9.17) is 0 Å². The first-order valence-electron chi connectivity index (χ1n) is 11.4. The molecule has 5 aromatic rings. The van der Waals surface area contributed by atoms with Gasteiger partial charge in [0, 0.05) is 36.9 Å². The highest BCUT2D eigenvalue weighted by molar-refractivity contribution is 6.06. The van der Waals surface area contributed by atoms with Crippen LogP contribution in [0.4, 0.5) is 5.82 Å². The van der Waals surface area contributed by atoms with Crippen LogP contribution in [-0.4, -0.2) is 54.6 Å². The SMILES string of the molecule is Cn1ccc2cc(N(C(=O)c3ccc(-n4nnc5cccnc54)cc3)[C@@H]3CCCNC3)ncc21. The number of piperidine rings is 1. The van der Waals surface area contributed by atoms with Crippen LogP contribution in [-0.2, 0) is 7.05 Å². The standard InChI is InChI=1S/C25H24N8O/c1-31-13-10-18-14-23(28-16-22(18)31)32(20-4-2-11-26-15-20)25(34)17-6-8-19(9-7-17)33-24-21(29-30-33)5-3-12-27-24/h3,5-10,12-14,16,20,26H,2,4,11,15H2,1H3/t20-/m1/s1. The monoisotopic (exact) mass is 452 g/mol. The molecule has 170 valence electrons. The van der Waals surface area contributed by atoms with Gasteiger partial charge in [-0.25, -0.2) is 9.97 Å². The number of benzene rings is 1. The second kappa shape index (κ2) is 8.35. The van der Waals surface area contributed by atoms with Crippen LogP contribution >= 0.6 is 0 Å². The van der Waals surface area contributed by atoms with E-state index in [1.54, 1.807) is 10.9 Å². The second-order valence-corrected chi connectivity index (χ2v) is 8.60. The third kappa shape index (κ3) is 3.50. The molecule has 0 spiro atoms. The highest BCUT2D eigenvalue weighted by atomic mass is 16.2.